The second kappa shape index (κ2) is 6.76. The molecule has 2 aromatic rings. The van der Waals surface area contributed by atoms with Gasteiger partial charge in [0.25, 0.3) is 0 Å². The van der Waals surface area contributed by atoms with Crippen LogP contribution in [0.15, 0.2) is 42.6 Å². The van der Waals surface area contributed by atoms with Crippen LogP contribution in [0.2, 0.25) is 5.02 Å². The van der Waals surface area contributed by atoms with Gasteiger partial charge >= 0.3 is 0 Å². The fourth-order valence-corrected chi connectivity index (χ4v) is 3.49. The van der Waals surface area contributed by atoms with Crippen LogP contribution in [0.1, 0.15) is 49.3 Å². The molecule has 0 spiro atoms. The monoisotopic (exact) mass is 318 g/mol. The van der Waals surface area contributed by atoms with Gasteiger partial charge in [-0.15, -0.1) is 0 Å². The molecular weight excluding hydrogens is 299 g/mol. The van der Waals surface area contributed by atoms with Crippen molar-refractivity contribution in [2.24, 2.45) is 0 Å². The van der Waals surface area contributed by atoms with Crippen molar-refractivity contribution in [1.82, 2.24) is 10.3 Å². The molecule has 2 nitrogen and oxygen atoms in total. The van der Waals surface area contributed by atoms with Gasteiger partial charge in [0, 0.05) is 23.3 Å². The third-order valence-corrected chi connectivity index (χ3v) is 4.72. The Morgan fingerprint density at radius 2 is 2.14 bits per heavy atom. The maximum atomic E-state index is 12.9. The van der Waals surface area contributed by atoms with Crippen LogP contribution in [-0.4, -0.2) is 11.0 Å². The van der Waals surface area contributed by atoms with Gasteiger partial charge in [-0.2, -0.15) is 4.39 Å². The van der Waals surface area contributed by atoms with E-state index < -0.39 is 5.95 Å². The number of hydrogen-bond acceptors (Lipinski definition) is 2. The summed E-state index contributed by atoms with van der Waals surface area (Å²) in [5, 5.41) is 4.45. The number of rotatable bonds is 4. The maximum Gasteiger partial charge on any atom is 0.212 e. The quantitative estimate of drug-likeness (QED) is 0.814. The third kappa shape index (κ3) is 3.65. The summed E-state index contributed by atoms with van der Waals surface area (Å²) in [7, 11) is 0. The summed E-state index contributed by atoms with van der Waals surface area (Å²) in [6.45, 7) is 2.17. The van der Waals surface area contributed by atoms with Crippen molar-refractivity contribution < 1.29 is 4.39 Å². The Kier molecular flexibility index (Phi) is 4.74. The molecule has 1 aliphatic carbocycles. The fraction of sp³-hybridized carbons (Fsp3) is 0.389. The first-order valence-corrected chi connectivity index (χ1v) is 8.12. The number of pyridine rings is 1. The molecular formula is C18H20ClFN2. The standard InChI is InChI=1S/C18H20ClFN2/c1-12(13-3-2-4-16(19)9-13)22-17-7-5-14(10-17)15-6-8-18(20)21-11-15/h2-4,6,8-9,11-12,14,17,22H,5,7,10H2,1H3/t12-,14-,17+/m1/s1. The van der Waals surface area contributed by atoms with Crippen LogP contribution >= 0.6 is 11.6 Å². The Morgan fingerprint density at radius 3 is 2.86 bits per heavy atom. The van der Waals surface area contributed by atoms with Gasteiger partial charge in [0.2, 0.25) is 5.95 Å². The lowest BCUT2D eigenvalue weighted by Gasteiger charge is -2.20. The number of benzene rings is 1. The molecule has 1 aromatic carbocycles. The molecule has 1 fully saturated rings. The summed E-state index contributed by atoms with van der Waals surface area (Å²) in [6, 6.07) is 12.0. The van der Waals surface area contributed by atoms with E-state index in [0.29, 0.717) is 12.0 Å². The minimum atomic E-state index is -0.411. The molecule has 1 aliphatic rings. The van der Waals surface area contributed by atoms with Crippen molar-refractivity contribution in [1.29, 1.82) is 0 Å². The van der Waals surface area contributed by atoms with E-state index >= 15 is 0 Å². The van der Waals surface area contributed by atoms with Gasteiger partial charge in [0.15, 0.2) is 0 Å². The summed E-state index contributed by atoms with van der Waals surface area (Å²) in [6.07, 6.45) is 4.99. The first-order valence-electron chi connectivity index (χ1n) is 7.75. The smallest absolute Gasteiger partial charge is 0.212 e. The maximum absolute atomic E-state index is 12.9. The van der Waals surface area contributed by atoms with E-state index in [-0.39, 0.29) is 6.04 Å². The minimum Gasteiger partial charge on any atom is -0.307 e. The van der Waals surface area contributed by atoms with Gasteiger partial charge in [-0.25, -0.2) is 4.98 Å². The van der Waals surface area contributed by atoms with Crippen LogP contribution in [0.4, 0.5) is 4.39 Å². The topological polar surface area (TPSA) is 24.9 Å². The fourth-order valence-electron chi connectivity index (χ4n) is 3.29. The largest absolute Gasteiger partial charge is 0.307 e. The zero-order valence-corrected chi connectivity index (χ0v) is 13.4. The lowest BCUT2D eigenvalue weighted by atomic mass is 9.99. The Balaban J connectivity index is 1.60. The molecule has 0 unspecified atom stereocenters. The average molecular weight is 319 g/mol. The van der Waals surface area contributed by atoms with E-state index in [1.54, 1.807) is 6.20 Å². The molecule has 0 bridgehead atoms. The summed E-state index contributed by atoms with van der Waals surface area (Å²) in [5.41, 5.74) is 2.35. The van der Waals surface area contributed by atoms with Crippen molar-refractivity contribution in [3.05, 3.63) is 64.7 Å². The molecule has 3 rings (SSSR count). The number of nitrogens with zero attached hydrogens (tertiary/aromatic N) is 1. The van der Waals surface area contributed by atoms with Crippen molar-refractivity contribution in [3.63, 3.8) is 0 Å². The first kappa shape index (κ1) is 15.4. The highest BCUT2D eigenvalue weighted by atomic mass is 35.5. The molecule has 1 heterocycles. The molecule has 3 atom stereocenters. The normalized spacial score (nSPS) is 22.7. The molecule has 0 aliphatic heterocycles. The predicted octanol–water partition coefficient (Wildman–Crippen LogP) is 4.86. The molecule has 0 amide bonds. The highest BCUT2D eigenvalue weighted by Gasteiger charge is 2.27. The summed E-state index contributed by atoms with van der Waals surface area (Å²) in [5.74, 6) is 0.0585. The van der Waals surface area contributed by atoms with Crippen molar-refractivity contribution in [3.8, 4) is 0 Å². The van der Waals surface area contributed by atoms with Crippen LogP contribution in [0.25, 0.3) is 0 Å². The average Bonchev–Trinajstić information content (AvgIpc) is 2.96. The zero-order valence-electron chi connectivity index (χ0n) is 12.6. The summed E-state index contributed by atoms with van der Waals surface area (Å²) >= 11 is 6.06. The van der Waals surface area contributed by atoms with Gasteiger partial charge < -0.3 is 5.32 Å². The zero-order chi connectivity index (χ0) is 15.5. The number of halogens is 2. The van der Waals surface area contributed by atoms with Crippen molar-refractivity contribution >= 4 is 11.6 Å². The molecule has 1 N–H and O–H groups in total. The summed E-state index contributed by atoms with van der Waals surface area (Å²) < 4.78 is 12.9. The lowest BCUT2D eigenvalue weighted by Crippen LogP contribution is -2.29. The van der Waals surface area contributed by atoms with Crippen LogP contribution in [0, 0.1) is 5.95 Å². The second-order valence-corrected chi connectivity index (χ2v) is 6.50. The van der Waals surface area contributed by atoms with E-state index in [0.717, 1.165) is 29.8 Å². The molecule has 116 valence electrons. The molecule has 1 aromatic heterocycles. The van der Waals surface area contributed by atoms with E-state index in [9.17, 15) is 4.39 Å². The molecule has 1 saturated carbocycles. The molecule has 0 saturated heterocycles. The highest BCUT2D eigenvalue weighted by molar-refractivity contribution is 6.30. The van der Waals surface area contributed by atoms with E-state index in [1.807, 2.05) is 24.3 Å². The van der Waals surface area contributed by atoms with Crippen LogP contribution < -0.4 is 5.32 Å². The van der Waals surface area contributed by atoms with Gasteiger partial charge in [0.1, 0.15) is 0 Å². The number of hydrogen-bond donors (Lipinski definition) is 1. The molecule has 4 heteroatoms. The van der Waals surface area contributed by atoms with Gasteiger partial charge in [-0.3, -0.25) is 0 Å². The van der Waals surface area contributed by atoms with Crippen LogP contribution in [-0.2, 0) is 0 Å². The number of nitrogens with one attached hydrogen (secondary N) is 1. The molecule has 22 heavy (non-hydrogen) atoms. The predicted molar refractivity (Wildman–Crippen MR) is 87.6 cm³/mol. The first-order chi connectivity index (χ1) is 10.6. The van der Waals surface area contributed by atoms with E-state index in [4.69, 9.17) is 11.6 Å². The number of aromatic nitrogens is 1. The van der Waals surface area contributed by atoms with E-state index in [2.05, 4.69) is 23.3 Å². The van der Waals surface area contributed by atoms with Crippen molar-refractivity contribution in [2.75, 3.05) is 0 Å². The Bertz CT molecular complexity index is 629. The minimum absolute atomic E-state index is 0.272. The van der Waals surface area contributed by atoms with Crippen LogP contribution in [0.3, 0.4) is 0 Å². The van der Waals surface area contributed by atoms with Gasteiger partial charge in [0.05, 0.1) is 0 Å². The van der Waals surface area contributed by atoms with Crippen LogP contribution in [0.5, 0.6) is 0 Å². The van der Waals surface area contributed by atoms with Gasteiger partial charge in [-0.1, -0.05) is 29.8 Å². The Hall–Kier alpha value is -1.45. The van der Waals surface area contributed by atoms with Crippen molar-refractivity contribution in [2.45, 2.75) is 44.2 Å². The third-order valence-electron chi connectivity index (χ3n) is 4.49. The SMILES string of the molecule is C[C@@H](N[C@H]1CC[C@@H](c2ccc(F)nc2)C1)c1cccc(Cl)c1. The summed E-state index contributed by atoms with van der Waals surface area (Å²) in [4.78, 5) is 3.77. The molecule has 0 radical (unpaired) electrons. The van der Waals surface area contributed by atoms with Gasteiger partial charge in [-0.05, 0) is 61.4 Å². The second-order valence-electron chi connectivity index (χ2n) is 6.06. The Labute approximate surface area is 135 Å². The lowest BCUT2D eigenvalue weighted by molar-refractivity contribution is 0.457. The Morgan fingerprint density at radius 1 is 1.27 bits per heavy atom. The van der Waals surface area contributed by atoms with E-state index in [1.165, 1.54) is 11.6 Å². The highest BCUT2D eigenvalue weighted by Crippen LogP contribution is 2.35.